The van der Waals surface area contributed by atoms with Gasteiger partial charge in [0, 0.05) is 6.92 Å². The first-order valence-electron chi connectivity index (χ1n) is 10.6. The number of nitrogens with zero attached hydrogens (tertiary/aromatic N) is 1. The zero-order valence-electron chi connectivity index (χ0n) is 20.8. The van der Waals surface area contributed by atoms with E-state index in [1.807, 2.05) is 44.2 Å². The van der Waals surface area contributed by atoms with Gasteiger partial charge in [0.1, 0.15) is 18.2 Å². The van der Waals surface area contributed by atoms with Gasteiger partial charge < -0.3 is 14.2 Å². The summed E-state index contributed by atoms with van der Waals surface area (Å²) < 4.78 is 39.7. The average Bonchev–Trinajstić information content (AvgIpc) is 2.70. The highest BCUT2D eigenvalue weighted by molar-refractivity contribution is 7.89. The Labute approximate surface area is 197 Å². The summed E-state index contributed by atoms with van der Waals surface area (Å²) in [6.45, 7) is 11.7. The molecule has 0 aliphatic rings. The molecule has 33 heavy (non-hydrogen) atoms. The second kappa shape index (κ2) is 13.8. The van der Waals surface area contributed by atoms with E-state index in [-0.39, 0.29) is 24.1 Å². The highest BCUT2D eigenvalue weighted by atomic mass is 32.2. The van der Waals surface area contributed by atoms with Crippen molar-refractivity contribution in [3.63, 3.8) is 0 Å². The predicted molar refractivity (Wildman–Crippen MR) is 125 cm³/mol. The van der Waals surface area contributed by atoms with E-state index >= 15 is 0 Å². The molecule has 10 heteroatoms. The van der Waals surface area contributed by atoms with E-state index in [2.05, 4.69) is 4.74 Å². The fourth-order valence-electron chi connectivity index (χ4n) is 2.51. The lowest BCUT2D eigenvalue weighted by molar-refractivity contribution is -0.145. The van der Waals surface area contributed by atoms with E-state index in [0.717, 1.165) is 12.7 Å². The van der Waals surface area contributed by atoms with Gasteiger partial charge in [-0.05, 0) is 45.6 Å². The maximum absolute atomic E-state index is 12.3. The molecule has 1 aromatic carbocycles. The van der Waals surface area contributed by atoms with Crippen molar-refractivity contribution >= 4 is 28.1 Å². The summed E-state index contributed by atoms with van der Waals surface area (Å²) in [6, 6.07) is 8.37. The first-order chi connectivity index (χ1) is 15.1. The molecule has 1 aromatic rings. The fraction of sp³-hybridized carbons (Fsp3) is 0.609. The molecule has 0 radical (unpaired) electrons. The van der Waals surface area contributed by atoms with Crippen LogP contribution in [0.5, 0.6) is 0 Å². The third kappa shape index (κ3) is 12.3. The number of rotatable bonds is 8. The van der Waals surface area contributed by atoms with Crippen LogP contribution in [0.15, 0.2) is 30.3 Å². The second-order valence-corrected chi connectivity index (χ2v) is 10.7. The third-order valence-corrected chi connectivity index (χ3v) is 5.71. The molecule has 0 aromatic heterocycles. The normalized spacial score (nSPS) is 12.2. The number of hydrogen-bond acceptors (Lipinski definition) is 8. The van der Waals surface area contributed by atoms with Crippen LogP contribution in [0, 0.1) is 5.92 Å². The number of sulfonamides is 1. The molecule has 0 fully saturated rings. The maximum atomic E-state index is 12.3. The van der Waals surface area contributed by atoms with Gasteiger partial charge in [0.2, 0.25) is 10.0 Å². The summed E-state index contributed by atoms with van der Waals surface area (Å²) in [5, 5.41) is 0. The molecule has 1 amide bonds. The lowest BCUT2D eigenvalue weighted by Crippen LogP contribution is -2.51. The Morgan fingerprint density at radius 1 is 1.06 bits per heavy atom. The predicted octanol–water partition coefficient (Wildman–Crippen LogP) is 3.91. The van der Waals surface area contributed by atoms with Crippen molar-refractivity contribution < 1.29 is 37.0 Å². The fourth-order valence-corrected chi connectivity index (χ4v) is 3.61. The Balaban J connectivity index is 0.000000771. The minimum Gasteiger partial charge on any atom is -0.467 e. The van der Waals surface area contributed by atoms with Gasteiger partial charge in [-0.1, -0.05) is 44.2 Å². The van der Waals surface area contributed by atoms with Crippen LogP contribution in [-0.4, -0.2) is 55.3 Å². The number of hydrogen-bond donors (Lipinski definition) is 0. The molecule has 9 nitrogen and oxygen atoms in total. The smallest absolute Gasteiger partial charge is 0.424 e. The molecule has 0 unspecified atom stereocenters. The number of benzene rings is 1. The van der Waals surface area contributed by atoms with Gasteiger partial charge >= 0.3 is 18.0 Å². The molecule has 0 bridgehead atoms. The zero-order chi connectivity index (χ0) is 25.8. The average molecular weight is 488 g/mol. The van der Waals surface area contributed by atoms with Crippen molar-refractivity contribution in [3.8, 4) is 0 Å². The molecule has 0 saturated carbocycles. The van der Waals surface area contributed by atoms with Gasteiger partial charge in [0.15, 0.2) is 0 Å². The van der Waals surface area contributed by atoms with E-state index in [9.17, 15) is 22.8 Å². The summed E-state index contributed by atoms with van der Waals surface area (Å²) >= 11 is 0. The Kier molecular flexibility index (Phi) is 12.7. The Morgan fingerprint density at radius 2 is 1.61 bits per heavy atom. The summed E-state index contributed by atoms with van der Waals surface area (Å²) in [6.07, 6.45) is -0.907. The number of carbonyl (C=O) groups is 3. The minimum atomic E-state index is -3.97. The van der Waals surface area contributed by atoms with Gasteiger partial charge in [0.25, 0.3) is 0 Å². The lowest BCUT2D eigenvalue weighted by Gasteiger charge is -2.31. The van der Waals surface area contributed by atoms with Crippen molar-refractivity contribution in [2.45, 2.75) is 73.1 Å². The quantitative estimate of drug-likeness (QED) is 0.400. The molecule has 188 valence electrons. The molecule has 0 aliphatic carbocycles. The van der Waals surface area contributed by atoms with Crippen LogP contribution < -0.4 is 0 Å². The van der Waals surface area contributed by atoms with E-state index in [0.29, 0.717) is 10.9 Å². The van der Waals surface area contributed by atoms with E-state index in [1.54, 1.807) is 20.8 Å². The Hall–Kier alpha value is -2.62. The maximum Gasteiger partial charge on any atom is 0.424 e. The third-order valence-electron chi connectivity index (χ3n) is 3.97. The van der Waals surface area contributed by atoms with Gasteiger partial charge in [-0.2, -0.15) is 4.31 Å². The van der Waals surface area contributed by atoms with Gasteiger partial charge in [-0.3, -0.25) is 4.79 Å². The molecule has 0 heterocycles. The number of amides is 1. The monoisotopic (exact) mass is 487 g/mol. The van der Waals surface area contributed by atoms with Crippen molar-refractivity contribution in [2.75, 3.05) is 12.9 Å². The SMILES string of the molecule is CC(=O)OCc1ccccc1.CCS(=O)(=O)N(C(=O)OC(C)(C)C)[C@@H](CC(C)C)C(=O)OC. The minimum absolute atomic E-state index is 0.0129. The molecule has 0 spiro atoms. The van der Waals surface area contributed by atoms with Crippen LogP contribution in [0.4, 0.5) is 4.79 Å². The molecular weight excluding hydrogens is 450 g/mol. The van der Waals surface area contributed by atoms with Crippen LogP contribution in [0.25, 0.3) is 0 Å². The molecule has 1 atom stereocenters. The van der Waals surface area contributed by atoms with Crippen LogP contribution in [0.1, 0.15) is 60.5 Å². The molecule has 1 rings (SSSR count). The first kappa shape index (κ1) is 30.4. The summed E-state index contributed by atoms with van der Waals surface area (Å²) in [4.78, 5) is 34.7. The molecule has 0 N–H and O–H groups in total. The molecule has 0 saturated heterocycles. The van der Waals surface area contributed by atoms with Crippen LogP contribution in [0.3, 0.4) is 0 Å². The molecule has 0 aliphatic heterocycles. The summed E-state index contributed by atoms with van der Waals surface area (Å²) in [5.41, 5.74) is 0.139. The van der Waals surface area contributed by atoms with E-state index in [4.69, 9.17) is 9.47 Å². The van der Waals surface area contributed by atoms with Gasteiger partial charge in [0.05, 0.1) is 12.9 Å². The second-order valence-electron chi connectivity index (χ2n) is 8.61. The number of esters is 2. The number of carbonyl (C=O) groups excluding carboxylic acids is 3. The van der Waals surface area contributed by atoms with Crippen molar-refractivity contribution in [1.29, 1.82) is 0 Å². The van der Waals surface area contributed by atoms with Crippen LogP contribution in [-0.2, 0) is 40.4 Å². The van der Waals surface area contributed by atoms with E-state index < -0.39 is 33.7 Å². The summed E-state index contributed by atoms with van der Waals surface area (Å²) in [7, 11) is -2.82. The number of ether oxygens (including phenoxy) is 3. The standard InChI is InChI=1S/C14H27NO6S.C9H10O2/c1-8-22(18,19)15(13(17)21-14(4,5)6)11(9-10(2)3)12(16)20-7;1-8(10)11-7-9-5-3-2-4-6-9/h10-11H,8-9H2,1-7H3;2-6H,7H2,1H3/t11-;/m0./s1. The van der Waals surface area contributed by atoms with Crippen LogP contribution >= 0.6 is 0 Å². The topological polar surface area (TPSA) is 116 Å². The molecular formula is C23H37NO8S. The van der Waals surface area contributed by atoms with Crippen molar-refractivity contribution in [2.24, 2.45) is 5.92 Å². The van der Waals surface area contributed by atoms with Crippen molar-refractivity contribution in [3.05, 3.63) is 35.9 Å². The highest BCUT2D eigenvalue weighted by Crippen LogP contribution is 2.21. The Bertz CT molecular complexity index is 860. The van der Waals surface area contributed by atoms with Gasteiger partial charge in [-0.25, -0.2) is 18.0 Å². The zero-order valence-corrected chi connectivity index (χ0v) is 21.6. The van der Waals surface area contributed by atoms with Gasteiger partial charge in [-0.15, -0.1) is 0 Å². The van der Waals surface area contributed by atoms with E-state index in [1.165, 1.54) is 13.8 Å². The van der Waals surface area contributed by atoms with Crippen LogP contribution in [0.2, 0.25) is 0 Å². The number of methoxy groups -OCH3 is 1. The Morgan fingerprint density at radius 3 is 2.00 bits per heavy atom. The lowest BCUT2D eigenvalue weighted by atomic mass is 10.0. The first-order valence-corrected chi connectivity index (χ1v) is 12.3. The summed E-state index contributed by atoms with van der Waals surface area (Å²) in [5.74, 6) is -1.36. The van der Waals surface area contributed by atoms with Crippen molar-refractivity contribution in [1.82, 2.24) is 4.31 Å². The highest BCUT2D eigenvalue weighted by Gasteiger charge is 2.41. The largest absolute Gasteiger partial charge is 0.467 e.